The molecule has 120 valence electrons. The summed E-state index contributed by atoms with van der Waals surface area (Å²) in [4.78, 5) is 33.0. The lowest BCUT2D eigenvalue weighted by Crippen LogP contribution is -2.37. The maximum atomic E-state index is 12.5. The van der Waals surface area contributed by atoms with Crippen LogP contribution in [0.25, 0.3) is 11.2 Å². The van der Waals surface area contributed by atoms with Gasteiger partial charge in [0.05, 0.1) is 6.61 Å². The minimum atomic E-state index is -0.427. The number of fused-ring (bicyclic) bond motifs is 1. The van der Waals surface area contributed by atoms with Gasteiger partial charge >= 0.3 is 5.69 Å². The molecule has 3 aromatic heterocycles. The summed E-state index contributed by atoms with van der Waals surface area (Å²) >= 11 is 0. The number of nitrogens with zero attached hydrogens (tertiary/aromatic N) is 5. The SMILES string of the molecule is Cn1c(=O)c2c(nc(Cc3cccnc3)n2CCO)n(C)c1=O. The minimum Gasteiger partial charge on any atom is -0.395 e. The molecule has 0 bridgehead atoms. The molecule has 0 amide bonds. The lowest BCUT2D eigenvalue weighted by Gasteiger charge is -2.07. The Kier molecular flexibility index (Phi) is 3.83. The van der Waals surface area contributed by atoms with Gasteiger partial charge in [0.15, 0.2) is 11.2 Å². The van der Waals surface area contributed by atoms with Gasteiger partial charge in [-0.1, -0.05) is 6.07 Å². The summed E-state index contributed by atoms with van der Waals surface area (Å²) < 4.78 is 4.06. The molecule has 0 spiro atoms. The van der Waals surface area contributed by atoms with Crippen LogP contribution in [0.3, 0.4) is 0 Å². The van der Waals surface area contributed by atoms with Crippen molar-refractivity contribution in [3.05, 3.63) is 56.8 Å². The van der Waals surface area contributed by atoms with Crippen molar-refractivity contribution in [1.82, 2.24) is 23.7 Å². The summed E-state index contributed by atoms with van der Waals surface area (Å²) in [5.41, 5.74) is 0.738. The van der Waals surface area contributed by atoms with E-state index in [0.717, 1.165) is 10.1 Å². The minimum absolute atomic E-state index is 0.127. The molecule has 0 aliphatic carbocycles. The molecule has 0 aliphatic rings. The van der Waals surface area contributed by atoms with E-state index in [-0.39, 0.29) is 13.2 Å². The molecule has 0 atom stereocenters. The molecule has 3 aromatic rings. The number of aliphatic hydroxyl groups excluding tert-OH is 1. The Morgan fingerprint density at radius 1 is 1.22 bits per heavy atom. The molecular formula is C15H17N5O3. The zero-order valence-corrected chi connectivity index (χ0v) is 12.9. The van der Waals surface area contributed by atoms with E-state index in [1.54, 1.807) is 24.0 Å². The zero-order valence-electron chi connectivity index (χ0n) is 12.9. The van der Waals surface area contributed by atoms with Crippen LogP contribution < -0.4 is 11.2 Å². The Bertz CT molecular complexity index is 969. The first-order chi connectivity index (χ1) is 11.0. The van der Waals surface area contributed by atoms with Crippen molar-refractivity contribution < 1.29 is 5.11 Å². The fraction of sp³-hybridized carbons (Fsp3) is 0.333. The van der Waals surface area contributed by atoms with Crippen molar-refractivity contribution in [3.8, 4) is 0 Å². The first-order valence-corrected chi connectivity index (χ1v) is 7.19. The van der Waals surface area contributed by atoms with Crippen LogP contribution in [-0.2, 0) is 27.1 Å². The van der Waals surface area contributed by atoms with E-state index >= 15 is 0 Å². The van der Waals surface area contributed by atoms with Gasteiger partial charge in [-0.05, 0) is 11.6 Å². The summed E-state index contributed by atoms with van der Waals surface area (Å²) in [6.45, 7) is 0.108. The molecule has 8 nitrogen and oxygen atoms in total. The maximum Gasteiger partial charge on any atom is 0.332 e. The fourth-order valence-electron chi connectivity index (χ4n) is 2.65. The number of hydrogen-bond donors (Lipinski definition) is 1. The van der Waals surface area contributed by atoms with Gasteiger partial charge in [0.2, 0.25) is 0 Å². The number of rotatable bonds is 4. The van der Waals surface area contributed by atoms with Crippen molar-refractivity contribution >= 4 is 11.2 Å². The van der Waals surface area contributed by atoms with Crippen molar-refractivity contribution in [1.29, 1.82) is 0 Å². The van der Waals surface area contributed by atoms with Gasteiger partial charge in [0.1, 0.15) is 5.82 Å². The molecule has 3 heterocycles. The number of pyridine rings is 1. The molecule has 0 unspecified atom stereocenters. The lowest BCUT2D eigenvalue weighted by molar-refractivity contribution is 0.276. The van der Waals surface area contributed by atoms with Crippen molar-refractivity contribution in [2.45, 2.75) is 13.0 Å². The van der Waals surface area contributed by atoms with Crippen molar-refractivity contribution in [2.24, 2.45) is 14.1 Å². The highest BCUT2D eigenvalue weighted by Crippen LogP contribution is 2.14. The summed E-state index contributed by atoms with van der Waals surface area (Å²) in [7, 11) is 3.01. The standard InChI is InChI=1S/C15H17N5O3/c1-18-13-12(14(22)19(2)15(18)23)20(6-7-21)11(17-13)8-10-4-3-5-16-9-10/h3-5,9,21H,6-8H2,1-2H3. The largest absolute Gasteiger partial charge is 0.395 e. The van der Waals surface area contributed by atoms with E-state index in [1.807, 2.05) is 12.1 Å². The highest BCUT2D eigenvalue weighted by Gasteiger charge is 2.18. The zero-order chi connectivity index (χ0) is 16.6. The van der Waals surface area contributed by atoms with Crippen LogP contribution in [0, 0.1) is 0 Å². The quantitative estimate of drug-likeness (QED) is 0.694. The molecule has 0 aliphatic heterocycles. The first-order valence-electron chi connectivity index (χ1n) is 7.19. The normalized spacial score (nSPS) is 11.3. The van der Waals surface area contributed by atoms with Crippen LogP contribution in [0.1, 0.15) is 11.4 Å². The molecule has 0 saturated heterocycles. The van der Waals surface area contributed by atoms with E-state index in [4.69, 9.17) is 0 Å². The summed E-state index contributed by atoms with van der Waals surface area (Å²) in [5.74, 6) is 0.611. The van der Waals surface area contributed by atoms with E-state index in [2.05, 4.69) is 9.97 Å². The van der Waals surface area contributed by atoms with Crippen LogP contribution in [0.4, 0.5) is 0 Å². The Hall–Kier alpha value is -2.74. The van der Waals surface area contributed by atoms with Crippen molar-refractivity contribution in [3.63, 3.8) is 0 Å². The van der Waals surface area contributed by atoms with E-state index in [1.165, 1.54) is 11.6 Å². The van der Waals surface area contributed by atoms with Gasteiger partial charge < -0.3 is 9.67 Å². The molecular weight excluding hydrogens is 298 g/mol. The second kappa shape index (κ2) is 5.81. The Morgan fingerprint density at radius 2 is 2.00 bits per heavy atom. The van der Waals surface area contributed by atoms with Crippen LogP contribution in [-0.4, -0.2) is 35.4 Å². The highest BCUT2D eigenvalue weighted by atomic mass is 16.3. The summed E-state index contributed by atoms with van der Waals surface area (Å²) in [6, 6.07) is 3.73. The molecule has 23 heavy (non-hydrogen) atoms. The highest BCUT2D eigenvalue weighted by molar-refractivity contribution is 5.71. The fourth-order valence-corrected chi connectivity index (χ4v) is 2.65. The van der Waals surface area contributed by atoms with E-state index in [9.17, 15) is 14.7 Å². The molecule has 1 N–H and O–H groups in total. The first kappa shape index (κ1) is 15.2. The number of aromatic nitrogens is 5. The topological polar surface area (TPSA) is 94.9 Å². The van der Waals surface area contributed by atoms with Gasteiger partial charge in [0, 0.05) is 39.5 Å². The molecule has 0 saturated carbocycles. The van der Waals surface area contributed by atoms with Crippen LogP contribution >= 0.6 is 0 Å². The average Bonchev–Trinajstić information content (AvgIpc) is 2.91. The van der Waals surface area contributed by atoms with E-state index in [0.29, 0.717) is 23.4 Å². The number of aliphatic hydroxyl groups is 1. The number of hydrogen-bond acceptors (Lipinski definition) is 5. The van der Waals surface area contributed by atoms with Gasteiger partial charge in [-0.25, -0.2) is 9.78 Å². The maximum absolute atomic E-state index is 12.5. The van der Waals surface area contributed by atoms with Crippen molar-refractivity contribution in [2.75, 3.05) is 6.61 Å². The van der Waals surface area contributed by atoms with Gasteiger partial charge in [-0.15, -0.1) is 0 Å². The molecule has 3 rings (SSSR count). The lowest BCUT2D eigenvalue weighted by atomic mass is 10.2. The average molecular weight is 315 g/mol. The molecule has 8 heteroatoms. The third kappa shape index (κ3) is 2.46. The van der Waals surface area contributed by atoms with E-state index < -0.39 is 11.2 Å². The summed E-state index contributed by atoms with van der Waals surface area (Å²) in [5, 5.41) is 9.33. The summed E-state index contributed by atoms with van der Waals surface area (Å²) in [6.07, 6.45) is 3.86. The number of aryl methyl sites for hydroxylation is 1. The Morgan fingerprint density at radius 3 is 2.65 bits per heavy atom. The Labute approximate surface area is 131 Å². The third-order valence-electron chi connectivity index (χ3n) is 3.84. The molecule has 0 fully saturated rings. The third-order valence-corrected chi connectivity index (χ3v) is 3.84. The second-order valence-electron chi connectivity index (χ2n) is 5.32. The van der Waals surface area contributed by atoms with Crippen LogP contribution in [0.15, 0.2) is 34.1 Å². The number of imidazole rings is 1. The predicted octanol–water partition coefficient (Wildman–Crippen LogP) is -0.588. The molecule has 0 aromatic carbocycles. The van der Waals surface area contributed by atoms with Crippen LogP contribution in [0.5, 0.6) is 0 Å². The smallest absolute Gasteiger partial charge is 0.332 e. The monoisotopic (exact) mass is 315 g/mol. The second-order valence-corrected chi connectivity index (χ2v) is 5.32. The van der Waals surface area contributed by atoms with Gasteiger partial charge in [0.25, 0.3) is 5.56 Å². The molecule has 0 radical (unpaired) electrons. The van der Waals surface area contributed by atoms with Crippen LogP contribution in [0.2, 0.25) is 0 Å². The van der Waals surface area contributed by atoms with Gasteiger partial charge in [-0.3, -0.25) is 18.9 Å². The predicted molar refractivity (Wildman–Crippen MR) is 84.3 cm³/mol. The van der Waals surface area contributed by atoms with Gasteiger partial charge in [-0.2, -0.15) is 0 Å². The Balaban J connectivity index is 2.28.